The second kappa shape index (κ2) is 5.32. The summed E-state index contributed by atoms with van der Waals surface area (Å²) in [5.74, 6) is 0.132. The molecule has 17 heavy (non-hydrogen) atoms. The van der Waals surface area contributed by atoms with Crippen molar-refractivity contribution in [2.75, 3.05) is 13.2 Å². The molecule has 0 N–H and O–H groups in total. The van der Waals surface area contributed by atoms with Gasteiger partial charge in [-0.1, -0.05) is 32.0 Å². The Morgan fingerprint density at radius 3 is 2.88 bits per heavy atom. The van der Waals surface area contributed by atoms with Gasteiger partial charge in [-0.3, -0.25) is 0 Å². The van der Waals surface area contributed by atoms with Crippen LogP contribution >= 0.6 is 0 Å². The molecule has 1 fully saturated rings. The Balaban J connectivity index is 2.09. The van der Waals surface area contributed by atoms with Gasteiger partial charge in [0.05, 0.1) is 12.2 Å². The van der Waals surface area contributed by atoms with E-state index in [0.717, 1.165) is 12.0 Å². The molecule has 3 heteroatoms. The molecule has 0 spiro atoms. The van der Waals surface area contributed by atoms with Gasteiger partial charge in [-0.15, -0.1) is 0 Å². The molecular formula is C14H18O3. The molecule has 0 bridgehead atoms. The van der Waals surface area contributed by atoms with Crippen LogP contribution in [-0.4, -0.2) is 25.3 Å². The topological polar surface area (TPSA) is 38.8 Å². The standard InChI is InChI=1S/C14H18O3/c1-3-10(2)12-6-4-5-7-13(12)14(15)17-9-11-8-16-11/h4-7,10-11H,3,8-9H2,1-2H3. The molecule has 1 aromatic carbocycles. The summed E-state index contributed by atoms with van der Waals surface area (Å²) in [7, 11) is 0. The van der Waals surface area contributed by atoms with E-state index >= 15 is 0 Å². The minimum atomic E-state index is -0.239. The van der Waals surface area contributed by atoms with Crippen LogP contribution < -0.4 is 0 Å². The molecule has 1 aliphatic heterocycles. The molecule has 0 radical (unpaired) electrons. The van der Waals surface area contributed by atoms with Gasteiger partial charge in [0.1, 0.15) is 12.7 Å². The van der Waals surface area contributed by atoms with Crippen LogP contribution in [0.4, 0.5) is 0 Å². The number of epoxide rings is 1. The molecule has 0 aliphatic carbocycles. The average molecular weight is 234 g/mol. The second-order valence-corrected chi connectivity index (χ2v) is 4.45. The largest absolute Gasteiger partial charge is 0.459 e. The third kappa shape index (κ3) is 3.07. The number of esters is 1. The maximum atomic E-state index is 11.9. The fraction of sp³-hybridized carbons (Fsp3) is 0.500. The monoisotopic (exact) mass is 234 g/mol. The Morgan fingerprint density at radius 1 is 1.53 bits per heavy atom. The van der Waals surface area contributed by atoms with Gasteiger partial charge in [-0.25, -0.2) is 4.79 Å². The highest BCUT2D eigenvalue weighted by molar-refractivity contribution is 5.91. The summed E-state index contributed by atoms with van der Waals surface area (Å²) in [5, 5.41) is 0. The number of carbonyl (C=O) groups excluding carboxylic acids is 1. The minimum Gasteiger partial charge on any atom is -0.459 e. The molecule has 1 aromatic rings. The Kier molecular flexibility index (Phi) is 3.79. The van der Waals surface area contributed by atoms with Gasteiger partial charge in [-0.05, 0) is 24.0 Å². The number of hydrogen-bond acceptors (Lipinski definition) is 3. The van der Waals surface area contributed by atoms with Crippen LogP contribution in [0.3, 0.4) is 0 Å². The van der Waals surface area contributed by atoms with Crippen molar-refractivity contribution in [1.29, 1.82) is 0 Å². The highest BCUT2D eigenvalue weighted by Crippen LogP contribution is 2.23. The van der Waals surface area contributed by atoms with Crippen LogP contribution in [0.25, 0.3) is 0 Å². The van der Waals surface area contributed by atoms with Crippen LogP contribution in [-0.2, 0) is 9.47 Å². The van der Waals surface area contributed by atoms with Crippen molar-refractivity contribution < 1.29 is 14.3 Å². The number of ether oxygens (including phenoxy) is 2. The van der Waals surface area contributed by atoms with E-state index in [1.54, 1.807) is 0 Å². The van der Waals surface area contributed by atoms with Gasteiger partial charge < -0.3 is 9.47 Å². The van der Waals surface area contributed by atoms with E-state index in [4.69, 9.17) is 9.47 Å². The summed E-state index contributed by atoms with van der Waals surface area (Å²) in [5.41, 5.74) is 1.75. The van der Waals surface area contributed by atoms with Crippen molar-refractivity contribution in [3.8, 4) is 0 Å². The molecule has 0 amide bonds. The first kappa shape index (κ1) is 12.1. The molecule has 2 unspecified atom stereocenters. The lowest BCUT2D eigenvalue weighted by Gasteiger charge is -2.13. The van der Waals surface area contributed by atoms with Crippen molar-refractivity contribution >= 4 is 5.97 Å². The second-order valence-electron chi connectivity index (χ2n) is 4.45. The van der Waals surface area contributed by atoms with Crippen molar-refractivity contribution in [3.05, 3.63) is 35.4 Å². The summed E-state index contributed by atoms with van der Waals surface area (Å²) in [6, 6.07) is 7.66. The van der Waals surface area contributed by atoms with E-state index in [2.05, 4.69) is 13.8 Å². The van der Waals surface area contributed by atoms with Crippen LogP contribution in [0.2, 0.25) is 0 Å². The highest BCUT2D eigenvalue weighted by Gasteiger charge is 2.25. The van der Waals surface area contributed by atoms with E-state index in [9.17, 15) is 4.79 Å². The maximum absolute atomic E-state index is 11.9. The molecule has 3 nitrogen and oxygen atoms in total. The minimum absolute atomic E-state index is 0.120. The lowest BCUT2D eigenvalue weighted by molar-refractivity contribution is 0.0475. The number of carbonyl (C=O) groups is 1. The summed E-state index contributed by atoms with van der Waals surface area (Å²) in [6.07, 6.45) is 1.13. The number of hydrogen-bond donors (Lipinski definition) is 0. The molecular weight excluding hydrogens is 216 g/mol. The van der Waals surface area contributed by atoms with Gasteiger partial charge in [0, 0.05) is 0 Å². The van der Waals surface area contributed by atoms with Crippen LogP contribution in [0.1, 0.15) is 42.1 Å². The maximum Gasteiger partial charge on any atom is 0.338 e. The molecule has 0 aromatic heterocycles. The SMILES string of the molecule is CCC(C)c1ccccc1C(=O)OCC1CO1. The fourth-order valence-corrected chi connectivity index (χ4v) is 1.74. The first-order valence-electron chi connectivity index (χ1n) is 6.10. The molecule has 1 saturated heterocycles. The van der Waals surface area contributed by atoms with Crippen LogP contribution in [0.5, 0.6) is 0 Å². The van der Waals surface area contributed by atoms with E-state index in [0.29, 0.717) is 24.7 Å². The fourth-order valence-electron chi connectivity index (χ4n) is 1.74. The van der Waals surface area contributed by atoms with Crippen LogP contribution in [0.15, 0.2) is 24.3 Å². The summed E-state index contributed by atoms with van der Waals surface area (Å²) >= 11 is 0. The zero-order valence-corrected chi connectivity index (χ0v) is 10.3. The lowest BCUT2D eigenvalue weighted by atomic mass is 9.94. The van der Waals surface area contributed by atoms with Crippen molar-refractivity contribution in [1.82, 2.24) is 0 Å². The normalized spacial score (nSPS) is 19.8. The Hall–Kier alpha value is -1.35. The zero-order valence-electron chi connectivity index (χ0n) is 10.3. The Bertz CT molecular complexity index is 396. The van der Waals surface area contributed by atoms with Gasteiger partial charge in [0.25, 0.3) is 0 Å². The third-order valence-electron chi connectivity index (χ3n) is 3.13. The Labute approximate surface area is 102 Å². The Morgan fingerprint density at radius 2 is 2.24 bits per heavy atom. The third-order valence-corrected chi connectivity index (χ3v) is 3.13. The molecule has 92 valence electrons. The van der Waals surface area contributed by atoms with E-state index in [1.165, 1.54) is 0 Å². The summed E-state index contributed by atoms with van der Waals surface area (Å²) < 4.78 is 10.2. The molecule has 1 heterocycles. The van der Waals surface area contributed by atoms with Crippen molar-refractivity contribution in [2.45, 2.75) is 32.3 Å². The summed E-state index contributed by atoms with van der Waals surface area (Å²) in [4.78, 5) is 11.9. The quantitative estimate of drug-likeness (QED) is 0.581. The predicted molar refractivity (Wildman–Crippen MR) is 65.2 cm³/mol. The number of benzene rings is 1. The molecule has 0 saturated carbocycles. The van der Waals surface area contributed by atoms with Gasteiger partial charge in [-0.2, -0.15) is 0 Å². The van der Waals surface area contributed by atoms with Crippen molar-refractivity contribution in [2.24, 2.45) is 0 Å². The van der Waals surface area contributed by atoms with Gasteiger partial charge in [0.2, 0.25) is 0 Å². The highest BCUT2D eigenvalue weighted by atomic mass is 16.6. The van der Waals surface area contributed by atoms with Gasteiger partial charge >= 0.3 is 5.97 Å². The lowest BCUT2D eigenvalue weighted by Crippen LogP contribution is -2.13. The predicted octanol–water partition coefficient (Wildman–Crippen LogP) is 2.76. The summed E-state index contributed by atoms with van der Waals surface area (Å²) in [6.45, 7) is 5.31. The van der Waals surface area contributed by atoms with Crippen LogP contribution in [0, 0.1) is 0 Å². The zero-order chi connectivity index (χ0) is 12.3. The molecule has 1 aliphatic rings. The van der Waals surface area contributed by atoms with E-state index in [-0.39, 0.29) is 12.1 Å². The first-order valence-corrected chi connectivity index (χ1v) is 6.10. The average Bonchev–Trinajstić information content (AvgIpc) is 3.19. The number of rotatable bonds is 5. The van der Waals surface area contributed by atoms with E-state index in [1.807, 2.05) is 24.3 Å². The molecule has 2 atom stereocenters. The van der Waals surface area contributed by atoms with Crippen molar-refractivity contribution in [3.63, 3.8) is 0 Å². The van der Waals surface area contributed by atoms with Gasteiger partial charge in [0.15, 0.2) is 0 Å². The first-order chi connectivity index (χ1) is 8.22. The smallest absolute Gasteiger partial charge is 0.338 e. The van der Waals surface area contributed by atoms with E-state index < -0.39 is 0 Å². The molecule has 2 rings (SSSR count).